The molecule has 1 aliphatic rings. The molecule has 0 bridgehead atoms. The van der Waals surface area contributed by atoms with Gasteiger partial charge < -0.3 is 15.4 Å². The fraction of sp³-hybridized carbons (Fsp3) is 0.267. The van der Waals surface area contributed by atoms with E-state index < -0.39 is 0 Å². The van der Waals surface area contributed by atoms with E-state index in [0.717, 1.165) is 23.4 Å². The van der Waals surface area contributed by atoms with Crippen molar-refractivity contribution in [3.8, 4) is 5.75 Å². The van der Waals surface area contributed by atoms with Crippen LogP contribution in [0.2, 0.25) is 0 Å². The minimum atomic E-state index is 0.0615. The van der Waals surface area contributed by atoms with Gasteiger partial charge in [0, 0.05) is 30.2 Å². The van der Waals surface area contributed by atoms with Crippen LogP contribution in [-0.2, 0) is 13.0 Å². The summed E-state index contributed by atoms with van der Waals surface area (Å²) < 4.78 is 5.13. The number of benzene rings is 1. The zero-order chi connectivity index (χ0) is 14.1. The second kappa shape index (κ2) is 5.17. The van der Waals surface area contributed by atoms with Crippen molar-refractivity contribution >= 4 is 22.9 Å². The predicted molar refractivity (Wildman–Crippen MR) is 80.2 cm³/mol. The molecule has 20 heavy (non-hydrogen) atoms. The van der Waals surface area contributed by atoms with E-state index in [1.165, 1.54) is 16.9 Å². The molecule has 1 aromatic heterocycles. The van der Waals surface area contributed by atoms with Crippen molar-refractivity contribution < 1.29 is 9.53 Å². The highest BCUT2D eigenvalue weighted by Gasteiger charge is 2.23. The smallest absolute Gasteiger partial charge is 0.264 e. The Labute approximate surface area is 121 Å². The molecule has 4 nitrogen and oxygen atoms in total. The first-order valence-corrected chi connectivity index (χ1v) is 7.35. The standard InChI is InChI=1S/C15H16N2O2S/c1-19-11-7-14(20-9-11)15(18)17-6-5-12-10(8-17)3-2-4-13(12)16/h2-4,7,9H,5-6,8,16H2,1H3. The van der Waals surface area contributed by atoms with Gasteiger partial charge in [-0.1, -0.05) is 12.1 Å². The third kappa shape index (κ3) is 2.25. The van der Waals surface area contributed by atoms with Gasteiger partial charge in [0.25, 0.3) is 5.91 Å². The van der Waals surface area contributed by atoms with Gasteiger partial charge in [-0.2, -0.15) is 0 Å². The highest BCUT2D eigenvalue weighted by Crippen LogP contribution is 2.27. The van der Waals surface area contributed by atoms with Gasteiger partial charge in [0.15, 0.2) is 0 Å². The Balaban J connectivity index is 1.81. The molecule has 0 spiro atoms. The summed E-state index contributed by atoms with van der Waals surface area (Å²) in [5.41, 5.74) is 9.13. The molecule has 0 aliphatic carbocycles. The third-order valence-electron chi connectivity index (χ3n) is 3.61. The summed E-state index contributed by atoms with van der Waals surface area (Å²) in [5.74, 6) is 0.798. The van der Waals surface area contributed by atoms with Crippen molar-refractivity contribution in [2.45, 2.75) is 13.0 Å². The SMILES string of the molecule is COc1csc(C(=O)N2CCc3c(N)cccc3C2)c1. The Kier molecular flexibility index (Phi) is 3.36. The number of fused-ring (bicyclic) bond motifs is 1. The third-order valence-corrected chi connectivity index (χ3v) is 4.51. The van der Waals surface area contributed by atoms with E-state index in [-0.39, 0.29) is 5.91 Å². The van der Waals surface area contributed by atoms with Crippen LogP contribution in [0.25, 0.3) is 0 Å². The molecular weight excluding hydrogens is 272 g/mol. The number of nitrogens with two attached hydrogens (primary N) is 1. The lowest BCUT2D eigenvalue weighted by Gasteiger charge is -2.29. The molecule has 3 rings (SSSR count). The minimum absolute atomic E-state index is 0.0615. The Morgan fingerprint density at radius 2 is 2.30 bits per heavy atom. The number of amides is 1. The average molecular weight is 288 g/mol. The topological polar surface area (TPSA) is 55.6 Å². The largest absolute Gasteiger partial charge is 0.496 e. The summed E-state index contributed by atoms with van der Waals surface area (Å²) in [6, 6.07) is 7.69. The quantitative estimate of drug-likeness (QED) is 0.864. The molecule has 0 atom stereocenters. The maximum Gasteiger partial charge on any atom is 0.264 e. The zero-order valence-electron chi connectivity index (χ0n) is 11.3. The number of methoxy groups -OCH3 is 1. The molecule has 0 saturated carbocycles. The molecule has 1 aliphatic heterocycles. The second-order valence-corrected chi connectivity index (χ2v) is 5.72. The first-order valence-electron chi connectivity index (χ1n) is 6.47. The summed E-state index contributed by atoms with van der Waals surface area (Å²) in [5, 5.41) is 1.85. The number of nitrogen functional groups attached to an aromatic ring is 1. The van der Waals surface area contributed by atoms with E-state index in [0.29, 0.717) is 18.0 Å². The number of ether oxygens (including phenoxy) is 1. The molecule has 2 N–H and O–H groups in total. The maximum absolute atomic E-state index is 12.5. The van der Waals surface area contributed by atoms with Crippen molar-refractivity contribution in [1.29, 1.82) is 0 Å². The van der Waals surface area contributed by atoms with E-state index in [1.807, 2.05) is 28.5 Å². The molecule has 104 valence electrons. The molecule has 5 heteroatoms. The van der Waals surface area contributed by atoms with Crippen LogP contribution >= 0.6 is 11.3 Å². The number of hydrogen-bond donors (Lipinski definition) is 1. The number of carbonyl (C=O) groups excluding carboxylic acids is 1. The number of nitrogens with zero attached hydrogens (tertiary/aromatic N) is 1. The van der Waals surface area contributed by atoms with Gasteiger partial charge in [-0.25, -0.2) is 0 Å². The van der Waals surface area contributed by atoms with Gasteiger partial charge in [-0.15, -0.1) is 11.3 Å². The van der Waals surface area contributed by atoms with Gasteiger partial charge in [0.1, 0.15) is 5.75 Å². The van der Waals surface area contributed by atoms with Gasteiger partial charge in [0.2, 0.25) is 0 Å². The van der Waals surface area contributed by atoms with Gasteiger partial charge >= 0.3 is 0 Å². The number of anilines is 1. The van der Waals surface area contributed by atoms with Crippen molar-refractivity contribution in [2.24, 2.45) is 0 Å². The number of carbonyl (C=O) groups is 1. The van der Waals surface area contributed by atoms with Crippen LogP contribution in [0.3, 0.4) is 0 Å². The first-order chi connectivity index (χ1) is 9.69. The summed E-state index contributed by atoms with van der Waals surface area (Å²) in [4.78, 5) is 15.1. The molecule has 0 unspecified atom stereocenters. The van der Waals surface area contributed by atoms with Crippen molar-refractivity contribution in [3.05, 3.63) is 45.6 Å². The van der Waals surface area contributed by atoms with Crippen LogP contribution in [-0.4, -0.2) is 24.5 Å². The zero-order valence-corrected chi connectivity index (χ0v) is 12.1. The molecule has 0 fully saturated rings. The van der Waals surface area contributed by atoms with Crippen LogP contribution in [0.15, 0.2) is 29.6 Å². The molecule has 1 amide bonds. The normalized spacial score (nSPS) is 13.9. The Bertz CT molecular complexity index is 651. The van der Waals surface area contributed by atoms with Crippen molar-refractivity contribution in [1.82, 2.24) is 4.90 Å². The molecule has 2 aromatic rings. The van der Waals surface area contributed by atoms with E-state index >= 15 is 0 Å². The van der Waals surface area contributed by atoms with Crippen LogP contribution in [0, 0.1) is 0 Å². The van der Waals surface area contributed by atoms with Crippen molar-refractivity contribution in [2.75, 3.05) is 19.4 Å². The van der Waals surface area contributed by atoms with E-state index in [1.54, 1.807) is 13.2 Å². The van der Waals surface area contributed by atoms with Crippen LogP contribution < -0.4 is 10.5 Å². The van der Waals surface area contributed by atoms with Crippen LogP contribution in [0.4, 0.5) is 5.69 Å². The van der Waals surface area contributed by atoms with Gasteiger partial charge in [-0.3, -0.25) is 4.79 Å². The Hall–Kier alpha value is -2.01. The minimum Gasteiger partial charge on any atom is -0.496 e. The molecule has 2 heterocycles. The molecule has 0 saturated heterocycles. The highest BCUT2D eigenvalue weighted by atomic mass is 32.1. The van der Waals surface area contributed by atoms with Gasteiger partial charge in [-0.05, 0) is 23.6 Å². The Morgan fingerprint density at radius 3 is 3.05 bits per heavy atom. The predicted octanol–water partition coefficient (Wildman–Crippen LogP) is 2.54. The second-order valence-electron chi connectivity index (χ2n) is 4.81. The van der Waals surface area contributed by atoms with Crippen LogP contribution in [0.1, 0.15) is 20.8 Å². The fourth-order valence-electron chi connectivity index (χ4n) is 2.51. The summed E-state index contributed by atoms with van der Waals surface area (Å²) in [6.45, 7) is 1.33. The maximum atomic E-state index is 12.5. The number of rotatable bonds is 2. The van der Waals surface area contributed by atoms with Crippen molar-refractivity contribution in [3.63, 3.8) is 0 Å². The lowest BCUT2D eigenvalue weighted by Crippen LogP contribution is -2.35. The fourth-order valence-corrected chi connectivity index (χ4v) is 3.33. The van der Waals surface area contributed by atoms with E-state index in [9.17, 15) is 4.79 Å². The number of thiophene rings is 1. The van der Waals surface area contributed by atoms with E-state index in [4.69, 9.17) is 10.5 Å². The lowest BCUT2D eigenvalue weighted by molar-refractivity contribution is 0.0739. The monoisotopic (exact) mass is 288 g/mol. The highest BCUT2D eigenvalue weighted by molar-refractivity contribution is 7.12. The first kappa shape index (κ1) is 13.0. The molecule has 0 radical (unpaired) electrons. The lowest BCUT2D eigenvalue weighted by atomic mass is 9.98. The Morgan fingerprint density at radius 1 is 1.45 bits per heavy atom. The summed E-state index contributed by atoms with van der Waals surface area (Å²) in [6.07, 6.45) is 0.816. The average Bonchev–Trinajstić information content (AvgIpc) is 2.95. The molecular formula is C15H16N2O2S. The van der Waals surface area contributed by atoms with E-state index in [2.05, 4.69) is 0 Å². The summed E-state index contributed by atoms with van der Waals surface area (Å²) >= 11 is 1.42. The summed E-state index contributed by atoms with van der Waals surface area (Å²) in [7, 11) is 1.61. The molecule has 1 aromatic carbocycles. The van der Waals surface area contributed by atoms with Crippen LogP contribution in [0.5, 0.6) is 5.75 Å². The number of hydrogen-bond acceptors (Lipinski definition) is 4. The van der Waals surface area contributed by atoms with Gasteiger partial charge in [0.05, 0.1) is 12.0 Å².